The molecule has 0 bridgehead atoms. The van der Waals surface area contributed by atoms with E-state index in [4.69, 9.17) is 8.94 Å². The Hall–Kier alpha value is -2.97. The summed E-state index contributed by atoms with van der Waals surface area (Å²) < 4.78 is 12.0. The monoisotopic (exact) mass is 316 g/mol. The van der Waals surface area contributed by atoms with E-state index in [2.05, 4.69) is 25.5 Å². The molecule has 3 aromatic heterocycles. The van der Waals surface area contributed by atoms with Crippen LogP contribution in [0.25, 0.3) is 11.6 Å². The van der Waals surface area contributed by atoms with Gasteiger partial charge < -0.3 is 14.3 Å². The molecular formula is C14H16N6O3. The van der Waals surface area contributed by atoms with Crippen LogP contribution in [0.1, 0.15) is 19.2 Å². The number of nitrogens with zero attached hydrogens (tertiary/aromatic N) is 5. The third-order valence-corrected chi connectivity index (χ3v) is 3.11. The number of carbonyl (C=O) groups is 1. The molecular weight excluding hydrogens is 300 g/mol. The molecule has 3 rings (SSSR count). The minimum absolute atomic E-state index is 0.0504. The largest absolute Gasteiger partial charge is 0.461 e. The van der Waals surface area contributed by atoms with Crippen molar-refractivity contribution in [1.29, 1.82) is 0 Å². The SMILES string of the molecule is C[C@@H](Cn1cncn1)NC(=O)CCc1nc(-c2ccco2)no1. The van der Waals surface area contributed by atoms with Gasteiger partial charge in [0.05, 0.1) is 12.8 Å². The Labute approximate surface area is 131 Å². The van der Waals surface area contributed by atoms with Crippen LogP contribution in [0.5, 0.6) is 0 Å². The molecule has 0 saturated carbocycles. The van der Waals surface area contributed by atoms with Crippen molar-refractivity contribution in [1.82, 2.24) is 30.2 Å². The van der Waals surface area contributed by atoms with Gasteiger partial charge in [0, 0.05) is 18.9 Å². The zero-order valence-electron chi connectivity index (χ0n) is 12.5. The summed E-state index contributed by atoms with van der Waals surface area (Å²) >= 11 is 0. The number of nitrogens with one attached hydrogen (secondary N) is 1. The highest BCUT2D eigenvalue weighted by molar-refractivity contribution is 5.76. The Balaban J connectivity index is 1.45. The van der Waals surface area contributed by atoms with E-state index in [0.29, 0.717) is 30.4 Å². The van der Waals surface area contributed by atoms with Gasteiger partial charge in [-0.1, -0.05) is 5.16 Å². The van der Waals surface area contributed by atoms with Crippen molar-refractivity contribution in [3.63, 3.8) is 0 Å². The van der Waals surface area contributed by atoms with Crippen molar-refractivity contribution in [3.05, 3.63) is 36.9 Å². The normalized spacial score (nSPS) is 12.2. The molecule has 1 atom stereocenters. The van der Waals surface area contributed by atoms with Crippen molar-refractivity contribution >= 4 is 5.91 Å². The molecule has 0 fully saturated rings. The van der Waals surface area contributed by atoms with Crippen molar-refractivity contribution in [2.75, 3.05) is 0 Å². The maximum atomic E-state index is 11.9. The van der Waals surface area contributed by atoms with Crippen molar-refractivity contribution in [2.45, 2.75) is 32.4 Å². The lowest BCUT2D eigenvalue weighted by atomic mass is 10.2. The third kappa shape index (κ3) is 4.02. The summed E-state index contributed by atoms with van der Waals surface area (Å²) in [6.07, 6.45) is 5.24. The molecule has 23 heavy (non-hydrogen) atoms. The number of amides is 1. The van der Waals surface area contributed by atoms with Crippen LogP contribution < -0.4 is 5.32 Å². The number of aryl methyl sites for hydroxylation is 1. The Bertz CT molecular complexity index is 735. The van der Waals surface area contributed by atoms with Gasteiger partial charge in [0.1, 0.15) is 12.7 Å². The van der Waals surface area contributed by atoms with Crippen LogP contribution in [-0.2, 0) is 17.8 Å². The van der Waals surface area contributed by atoms with E-state index >= 15 is 0 Å². The highest BCUT2D eigenvalue weighted by Gasteiger charge is 2.13. The summed E-state index contributed by atoms with van der Waals surface area (Å²) in [5, 5.41) is 10.7. The fraction of sp³-hybridized carbons (Fsp3) is 0.357. The second kappa shape index (κ2) is 6.86. The van der Waals surface area contributed by atoms with Crippen LogP contribution in [-0.4, -0.2) is 36.9 Å². The number of rotatable bonds is 7. The number of hydrogen-bond donors (Lipinski definition) is 1. The van der Waals surface area contributed by atoms with Gasteiger partial charge >= 0.3 is 0 Å². The maximum Gasteiger partial charge on any atom is 0.238 e. The molecule has 1 amide bonds. The minimum atomic E-state index is -0.0876. The van der Waals surface area contributed by atoms with Gasteiger partial charge in [0.15, 0.2) is 5.76 Å². The lowest BCUT2D eigenvalue weighted by Gasteiger charge is -2.13. The van der Waals surface area contributed by atoms with Crippen LogP contribution in [0.2, 0.25) is 0 Å². The first-order chi connectivity index (χ1) is 11.2. The Morgan fingerprint density at radius 3 is 3.13 bits per heavy atom. The number of carbonyl (C=O) groups excluding carboxylic acids is 1. The molecule has 9 nitrogen and oxygen atoms in total. The van der Waals surface area contributed by atoms with Crippen LogP contribution in [0.3, 0.4) is 0 Å². The van der Waals surface area contributed by atoms with E-state index in [1.165, 1.54) is 12.6 Å². The molecule has 120 valence electrons. The molecule has 0 aromatic carbocycles. The van der Waals surface area contributed by atoms with Gasteiger partial charge in [-0.15, -0.1) is 0 Å². The quantitative estimate of drug-likeness (QED) is 0.693. The first-order valence-electron chi connectivity index (χ1n) is 7.19. The molecule has 0 aliphatic heterocycles. The van der Waals surface area contributed by atoms with Crippen LogP contribution >= 0.6 is 0 Å². The van der Waals surface area contributed by atoms with Crippen molar-refractivity contribution in [2.24, 2.45) is 0 Å². The number of hydrogen-bond acceptors (Lipinski definition) is 7. The maximum absolute atomic E-state index is 11.9. The molecule has 9 heteroatoms. The topological polar surface area (TPSA) is 112 Å². The predicted octanol–water partition coefficient (Wildman–Crippen LogP) is 1.06. The summed E-state index contributed by atoms with van der Waals surface area (Å²) in [7, 11) is 0. The van der Waals surface area contributed by atoms with E-state index < -0.39 is 0 Å². The molecule has 0 radical (unpaired) electrons. The summed E-state index contributed by atoms with van der Waals surface area (Å²) in [6.45, 7) is 2.47. The van der Waals surface area contributed by atoms with Crippen LogP contribution in [0, 0.1) is 0 Å². The van der Waals surface area contributed by atoms with Gasteiger partial charge in [-0.05, 0) is 19.1 Å². The van der Waals surface area contributed by atoms with Gasteiger partial charge in [-0.25, -0.2) is 4.98 Å². The molecule has 0 spiro atoms. The number of aromatic nitrogens is 5. The zero-order chi connectivity index (χ0) is 16.1. The Morgan fingerprint density at radius 2 is 2.39 bits per heavy atom. The average molecular weight is 316 g/mol. The lowest BCUT2D eigenvalue weighted by Crippen LogP contribution is -2.35. The summed E-state index contributed by atoms with van der Waals surface area (Å²) in [6, 6.07) is 3.44. The highest BCUT2D eigenvalue weighted by atomic mass is 16.5. The molecule has 0 saturated heterocycles. The van der Waals surface area contributed by atoms with Gasteiger partial charge in [-0.2, -0.15) is 10.1 Å². The summed E-state index contributed by atoms with van der Waals surface area (Å²) in [4.78, 5) is 20.0. The molecule has 0 aliphatic rings. The number of furan rings is 1. The molecule has 0 aliphatic carbocycles. The Morgan fingerprint density at radius 1 is 1.48 bits per heavy atom. The van der Waals surface area contributed by atoms with Crippen molar-refractivity contribution in [3.8, 4) is 11.6 Å². The van der Waals surface area contributed by atoms with E-state index in [0.717, 1.165) is 0 Å². The average Bonchev–Trinajstić information content (AvgIpc) is 3.26. The van der Waals surface area contributed by atoms with E-state index in [-0.39, 0.29) is 18.4 Å². The minimum Gasteiger partial charge on any atom is -0.461 e. The third-order valence-electron chi connectivity index (χ3n) is 3.11. The molecule has 3 heterocycles. The fourth-order valence-electron chi connectivity index (χ4n) is 2.08. The lowest BCUT2D eigenvalue weighted by molar-refractivity contribution is -0.121. The summed E-state index contributed by atoms with van der Waals surface area (Å²) in [5.41, 5.74) is 0. The van der Waals surface area contributed by atoms with E-state index in [1.807, 2.05) is 6.92 Å². The van der Waals surface area contributed by atoms with Crippen LogP contribution in [0.4, 0.5) is 0 Å². The second-order valence-electron chi connectivity index (χ2n) is 5.08. The van der Waals surface area contributed by atoms with E-state index in [1.54, 1.807) is 23.1 Å². The molecule has 0 unspecified atom stereocenters. The van der Waals surface area contributed by atoms with Gasteiger partial charge in [0.2, 0.25) is 17.6 Å². The van der Waals surface area contributed by atoms with Crippen molar-refractivity contribution < 1.29 is 13.7 Å². The standard InChI is InChI=1S/C14H16N6O3/c1-10(7-20-9-15-8-16-20)17-12(21)4-5-13-18-14(19-23-13)11-3-2-6-22-11/h2-3,6,8-10H,4-5,7H2,1H3,(H,17,21)/t10-/m0/s1. The molecule has 3 aromatic rings. The summed E-state index contributed by atoms with van der Waals surface area (Å²) in [5.74, 6) is 1.22. The zero-order valence-corrected chi connectivity index (χ0v) is 12.5. The Kier molecular flexibility index (Phi) is 4.46. The smallest absolute Gasteiger partial charge is 0.238 e. The second-order valence-corrected chi connectivity index (χ2v) is 5.08. The fourth-order valence-corrected chi connectivity index (χ4v) is 2.08. The predicted molar refractivity (Wildman–Crippen MR) is 77.9 cm³/mol. The first kappa shape index (κ1) is 14.9. The highest BCUT2D eigenvalue weighted by Crippen LogP contribution is 2.16. The van der Waals surface area contributed by atoms with Gasteiger partial charge in [-0.3, -0.25) is 9.48 Å². The first-order valence-corrected chi connectivity index (χ1v) is 7.19. The van der Waals surface area contributed by atoms with Gasteiger partial charge in [0.25, 0.3) is 0 Å². The molecule has 1 N–H and O–H groups in total. The van der Waals surface area contributed by atoms with Crippen LogP contribution in [0.15, 0.2) is 40.0 Å². The van der Waals surface area contributed by atoms with E-state index in [9.17, 15) is 4.79 Å².